The third-order valence-electron chi connectivity index (χ3n) is 3.37. The van der Waals surface area contributed by atoms with E-state index in [0.29, 0.717) is 10.6 Å². The van der Waals surface area contributed by atoms with Crippen LogP contribution in [-0.4, -0.2) is 5.78 Å². The van der Waals surface area contributed by atoms with Gasteiger partial charge in [0.05, 0.1) is 5.02 Å². The van der Waals surface area contributed by atoms with Crippen molar-refractivity contribution in [1.82, 2.24) is 0 Å². The van der Waals surface area contributed by atoms with Crippen LogP contribution in [0, 0.1) is 12.8 Å². The van der Waals surface area contributed by atoms with Crippen molar-refractivity contribution in [2.45, 2.75) is 39.0 Å². The van der Waals surface area contributed by atoms with Crippen molar-refractivity contribution in [3.8, 4) is 0 Å². The molecule has 1 aromatic rings. The van der Waals surface area contributed by atoms with Crippen LogP contribution in [-0.2, 0) is 0 Å². The number of benzene rings is 1. The smallest absolute Gasteiger partial charge is 0.167 e. The van der Waals surface area contributed by atoms with Gasteiger partial charge in [-0.15, -0.1) is 0 Å². The molecule has 1 nitrogen and oxygen atoms in total. The van der Waals surface area contributed by atoms with Crippen LogP contribution in [0.2, 0.25) is 5.02 Å². The van der Waals surface area contributed by atoms with Crippen LogP contribution in [0.1, 0.15) is 48.0 Å². The molecular formula is C14H17ClO. The lowest BCUT2D eigenvalue weighted by molar-refractivity contribution is 0.0889. The lowest BCUT2D eigenvalue weighted by Crippen LogP contribution is -2.18. The van der Waals surface area contributed by atoms with Gasteiger partial charge < -0.3 is 0 Å². The highest BCUT2D eigenvalue weighted by molar-refractivity contribution is 6.34. The molecule has 0 unspecified atom stereocenters. The second-order valence-electron chi connectivity index (χ2n) is 4.68. The van der Waals surface area contributed by atoms with Gasteiger partial charge in [-0.1, -0.05) is 36.9 Å². The zero-order chi connectivity index (χ0) is 11.5. The molecule has 2 rings (SSSR count). The molecule has 2 heteroatoms. The fourth-order valence-corrected chi connectivity index (χ4v) is 2.73. The third kappa shape index (κ3) is 2.46. The fourth-order valence-electron chi connectivity index (χ4n) is 2.40. The molecule has 1 saturated carbocycles. The van der Waals surface area contributed by atoms with E-state index >= 15 is 0 Å². The number of ketones is 1. The Morgan fingerprint density at radius 3 is 2.56 bits per heavy atom. The van der Waals surface area contributed by atoms with Gasteiger partial charge in [-0.25, -0.2) is 0 Å². The zero-order valence-electron chi connectivity index (χ0n) is 9.63. The SMILES string of the molecule is Cc1ccc(C(=O)C2CCCCC2)c(Cl)c1. The minimum absolute atomic E-state index is 0.203. The van der Waals surface area contributed by atoms with Crippen molar-refractivity contribution in [1.29, 1.82) is 0 Å². The summed E-state index contributed by atoms with van der Waals surface area (Å²) in [6.07, 6.45) is 5.69. The van der Waals surface area contributed by atoms with E-state index in [4.69, 9.17) is 11.6 Å². The van der Waals surface area contributed by atoms with Crippen LogP contribution in [0.25, 0.3) is 0 Å². The third-order valence-corrected chi connectivity index (χ3v) is 3.68. The van der Waals surface area contributed by atoms with Crippen LogP contribution in [0.5, 0.6) is 0 Å². The van der Waals surface area contributed by atoms with Gasteiger partial charge in [0.1, 0.15) is 0 Å². The Labute approximate surface area is 102 Å². The van der Waals surface area contributed by atoms with Crippen molar-refractivity contribution in [3.63, 3.8) is 0 Å². The highest BCUT2D eigenvalue weighted by atomic mass is 35.5. The first kappa shape index (κ1) is 11.7. The Morgan fingerprint density at radius 1 is 1.25 bits per heavy atom. The summed E-state index contributed by atoms with van der Waals surface area (Å²) in [7, 11) is 0. The number of carbonyl (C=O) groups is 1. The molecule has 0 spiro atoms. The molecule has 1 aromatic carbocycles. The second-order valence-corrected chi connectivity index (χ2v) is 5.09. The molecule has 0 heterocycles. The topological polar surface area (TPSA) is 17.1 Å². The lowest BCUT2D eigenvalue weighted by atomic mass is 9.84. The molecule has 0 amide bonds. The summed E-state index contributed by atoms with van der Waals surface area (Å²) in [6, 6.07) is 5.70. The monoisotopic (exact) mass is 236 g/mol. The maximum absolute atomic E-state index is 12.2. The molecule has 1 aliphatic carbocycles. The van der Waals surface area contributed by atoms with Crippen LogP contribution in [0.3, 0.4) is 0 Å². The standard InChI is InChI=1S/C14H17ClO/c1-10-7-8-12(13(15)9-10)14(16)11-5-3-2-4-6-11/h7-9,11H,2-6H2,1H3. The van der Waals surface area contributed by atoms with E-state index in [2.05, 4.69) is 0 Å². The predicted octanol–water partition coefficient (Wildman–Crippen LogP) is 4.41. The number of halogens is 1. The van der Waals surface area contributed by atoms with E-state index in [1.165, 1.54) is 19.3 Å². The van der Waals surface area contributed by atoms with E-state index < -0.39 is 0 Å². The number of Topliss-reactive ketones (excluding diaryl/α,β-unsaturated/α-hetero) is 1. The van der Waals surface area contributed by atoms with Gasteiger partial charge in [-0.3, -0.25) is 4.79 Å². The van der Waals surface area contributed by atoms with E-state index in [1.807, 2.05) is 25.1 Å². The predicted molar refractivity (Wildman–Crippen MR) is 67.1 cm³/mol. The molecule has 0 aliphatic heterocycles. The molecule has 1 aliphatic rings. The van der Waals surface area contributed by atoms with Gasteiger partial charge in [0.15, 0.2) is 5.78 Å². The maximum atomic E-state index is 12.2. The number of carbonyl (C=O) groups excluding carboxylic acids is 1. The Hall–Kier alpha value is -0.820. The van der Waals surface area contributed by atoms with Crippen molar-refractivity contribution < 1.29 is 4.79 Å². The molecule has 0 N–H and O–H groups in total. The summed E-state index contributed by atoms with van der Waals surface area (Å²) < 4.78 is 0. The lowest BCUT2D eigenvalue weighted by Gasteiger charge is -2.20. The Kier molecular flexibility index (Phi) is 3.65. The number of rotatable bonds is 2. The van der Waals surface area contributed by atoms with Gasteiger partial charge >= 0.3 is 0 Å². The van der Waals surface area contributed by atoms with Gasteiger partial charge in [0.25, 0.3) is 0 Å². The molecule has 0 bridgehead atoms. The number of hydrogen-bond donors (Lipinski definition) is 0. The second kappa shape index (κ2) is 5.01. The van der Waals surface area contributed by atoms with Crippen molar-refractivity contribution >= 4 is 17.4 Å². The summed E-state index contributed by atoms with van der Waals surface area (Å²) in [6.45, 7) is 1.99. The summed E-state index contributed by atoms with van der Waals surface area (Å²) in [4.78, 5) is 12.2. The average Bonchev–Trinajstić information content (AvgIpc) is 2.29. The van der Waals surface area contributed by atoms with Gasteiger partial charge in [0, 0.05) is 11.5 Å². The molecule has 0 saturated heterocycles. The van der Waals surface area contributed by atoms with E-state index in [1.54, 1.807) is 0 Å². The molecule has 0 radical (unpaired) electrons. The van der Waals surface area contributed by atoms with Crippen LogP contribution >= 0.6 is 11.6 Å². The normalized spacial score (nSPS) is 17.4. The van der Waals surface area contributed by atoms with Crippen molar-refractivity contribution in [2.24, 2.45) is 5.92 Å². The fraction of sp³-hybridized carbons (Fsp3) is 0.500. The van der Waals surface area contributed by atoms with E-state index in [-0.39, 0.29) is 11.7 Å². The van der Waals surface area contributed by atoms with Gasteiger partial charge in [-0.05, 0) is 37.5 Å². The molecule has 0 atom stereocenters. The molecule has 0 aromatic heterocycles. The number of aryl methyl sites for hydroxylation is 1. The summed E-state index contributed by atoms with van der Waals surface area (Å²) in [5.74, 6) is 0.443. The Bertz CT molecular complexity index is 392. The minimum atomic E-state index is 0.203. The molecule has 86 valence electrons. The average molecular weight is 237 g/mol. The Balaban J connectivity index is 2.19. The van der Waals surface area contributed by atoms with Crippen LogP contribution < -0.4 is 0 Å². The molecular weight excluding hydrogens is 220 g/mol. The van der Waals surface area contributed by atoms with Crippen LogP contribution in [0.15, 0.2) is 18.2 Å². The quantitative estimate of drug-likeness (QED) is 0.695. The minimum Gasteiger partial charge on any atom is -0.294 e. The summed E-state index contributed by atoms with van der Waals surface area (Å²) in [5, 5.41) is 0.607. The highest BCUT2D eigenvalue weighted by Gasteiger charge is 2.23. The molecule has 16 heavy (non-hydrogen) atoms. The van der Waals surface area contributed by atoms with Crippen molar-refractivity contribution in [3.05, 3.63) is 34.3 Å². The first-order valence-corrected chi connectivity index (χ1v) is 6.36. The molecule has 1 fully saturated rings. The van der Waals surface area contributed by atoms with Gasteiger partial charge in [-0.2, -0.15) is 0 Å². The maximum Gasteiger partial charge on any atom is 0.167 e. The number of hydrogen-bond acceptors (Lipinski definition) is 1. The van der Waals surface area contributed by atoms with Crippen molar-refractivity contribution in [2.75, 3.05) is 0 Å². The van der Waals surface area contributed by atoms with E-state index in [9.17, 15) is 4.79 Å². The van der Waals surface area contributed by atoms with Crippen LogP contribution in [0.4, 0.5) is 0 Å². The zero-order valence-corrected chi connectivity index (χ0v) is 10.4. The summed E-state index contributed by atoms with van der Waals surface area (Å²) >= 11 is 6.12. The van der Waals surface area contributed by atoms with Gasteiger partial charge in [0.2, 0.25) is 0 Å². The van der Waals surface area contributed by atoms with E-state index in [0.717, 1.165) is 18.4 Å². The Morgan fingerprint density at radius 2 is 1.94 bits per heavy atom. The largest absolute Gasteiger partial charge is 0.294 e. The highest BCUT2D eigenvalue weighted by Crippen LogP contribution is 2.29. The first-order chi connectivity index (χ1) is 7.68. The first-order valence-electron chi connectivity index (χ1n) is 5.99. The summed E-state index contributed by atoms with van der Waals surface area (Å²) in [5.41, 5.74) is 1.81.